The molecule has 0 unspecified atom stereocenters. The second-order valence-corrected chi connectivity index (χ2v) is 7.33. The number of hydrogen-bond donors (Lipinski definition) is 2. The highest BCUT2D eigenvalue weighted by Gasteiger charge is 2.30. The number of aromatic nitrogens is 3. The summed E-state index contributed by atoms with van der Waals surface area (Å²) in [6.07, 6.45) is 1.14. The van der Waals surface area contributed by atoms with Crippen LogP contribution < -0.4 is 0 Å². The number of benzene rings is 3. The van der Waals surface area contributed by atoms with Gasteiger partial charge in [0.15, 0.2) is 23.3 Å². The van der Waals surface area contributed by atoms with Gasteiger partial charge in [-0.3, -0.25) is 0 Å². The van der Waals surface area contributed by atoms with Crippen LogP contribution in [0.5, 0.6) is 11.5 Å². The summed E-state index contributed by atoms with van der Waals surface area (Å²) in [6.45, 7) is 0. The second-order valence-electron chi connectivity index (χ2n) is 7.33. The molecule has 2 aromatic heterocycles. The zero-order valence-electron chi connectivity index (χ0n) is 16.9. The van der Waals surface area contributed by atoms with Crippen molar-refractivity contribution >= 4 is 10.9 Å². The molecular formula is C24H12F5N3O2. The molecule has 5 aromatic rings. The van der Waals surface area contributed by atoms with Crippen molar-refractivity contribution in [2.45, 2.75) is 0 Å². The zero-order valence-corrected chi connectivity index (χ0v) is 16.9. The Morgan fingerprint density at radius 1 is 0.706 bits per heavy atom. The van der Waals surface area contributed by atoms with E-state index in [2.05, 4.69) is 10.1 Å². The molecule has 0 amide bonds. The van der Waals surface area contributed by atoms with Gasteiger partial charge in [-0.1, -0.05) is 24.3 Å². The summed E-state index contributed by atoms with van der Waals surface area (Å²) in [5.74, 6) is -11.6. The van der Waals surface area contributed by atoms with Crippen LogP contribution in [0.1, 0.15) is 0 Å². The number of aromatic hydroxyl groups is 2. The van der Waals surface area contributed by atoms with Gasteiger partial charge in [0.25, 0.3) is 0 Å². The number of phenolic OH excluding ortho intramolecular Hbond substituents is 2. The summed E-state index contributed by atoms with van der Waals surface area (Å²) in [7, 11) is 0. The Morgan fingerprint density at radius 2 is 1.38 bits per heavy atom. The van der Waals surface area contributed by atoms with Crippen LogP contribution in [0, 0.1) is 29.1 Å². The Kier molecular flexibility index (Phi) is 4.93. The second kappa shape index (κ2) is 7.84. The third kappa shape index (κ3) is 3.22. The maximum atomic E-state index is 14.7. The maximum absolute atomic E-state index is 14.7. The van der Waals surface area contributed by atoms with Crippen molar-refractivity contribution < 1.29 is 32.2 Å². The first-order valence-electron chi connectivity index (χ1n) is 9.76. The molecule has 0 atom stereocenters. The highest BCUT2D eigenvalue weighted by molar-refractivity contribution is 5.87. The molecule has 5 nitrogen and oxygen atoms in total. The molecule has 0 aliphatic heterocycles. The van der Waals surface area contributed by atoms with Crippen molar-refractivity contribution in [3.63, 3.8) is 0 Å². The van der Waals surface area contributed by atoms with Crippen LogP contribution in [-0.2, 0) is 0 Å². The Labute approximate surface area is 188 Å². The molecule has 5 rings (SSSR count). The lowest BCUT2D eigenvalue weighted by Gasteiger charge is -2.14. The normalized spacial score (nSPS) is 11.3. The molecule has 2 N–H and O–H groups in total. The van der Waals surface area contributed by atoms with E-state index >= 15 is 0 Å². The molecule has 0 aliphatic carbocycles. The van der Waals surface area contributed by atoms with E-state index in [9.17, 15) is 32.2 Å². The third-order valence-electron chi connectivity index (χ3n) is 5.28. The smallest absolute Gasteiger partial charge is 0.200 e. The van der Waals surface area contributed by atoms with E-state index in [0.717, 1.165) is 17.6 Å². The number of hydrogen-bond acceptors (Lipinski definition) is 4. The molecule has 0 spiro atoms. The summed E-state index contributed by atoms with van der Waals surface area (Å²) in [4.78, 5) is 4.50. The van der Waals surface area contributed by atoms with Crippen LogP contribution in [0.2, 0.25) is 0 Å². The average molecular weight is 469 g/mol. The molecule has 0 fully saturated rings. The first-order chi connectivity index (χ1) is 16.3. The lowest BCUT2D eigenvalue weighted by Crippen LogP contribution is -2.11. The number of rotatable bonds is 3. The van der Waals surface area contributed by atoms with Gasteiger partial charge in [0.2, 0.25) is 5.82 Å². The van der Waals surface area contributed by atoms with Gasteiger partial charge in [-0.25, -0.2) is 31.6 Å². The number of fused-ring (bicyclic) bond motifs is 1. The number of phenols is 2. The molecule has 0 saturated heterocycles. The predicted molar refractivity (Wildman–Crippen MR) is 113 cm³/mol. The molecule has 34 heavy (non-hydrogen) atoms. The summed E-state index contributed by atoms with van der Waals surface area (Å²) in [5, 5.41) is 24.8. The molecule has 170 valence electrons. The number of halogens is 5. The van der Waals surface area contributed by atoms with Crippen molar-refractivity contribution in [3.05, 3.63) is 89.9 Å². The largest absolute Gasteiger partial charge is 0.508 e. The number of para-hydroxylation sites is 1. The van der Waals surface area contributed by atoms with Crippen LogP contribution in [0.3, 0.4) is 0 Å². The minimum Gasteiger partial charge on any atom is -0.508 e. The summed E-state index contributed by atoms with van der Waals surface area (Å²) in [6, 6.07) is 13.8. The zero-order chi connectivity index (χ0) is 24.1. The monoisotopic (exact) mass is 469 g/mol. The fraction of sp³-hybridized carbons (Fsp3) is 0. The quantitative estimate of drug-likeness (QED) is 0.197. The van der Waals surface area contributed by atoms with Crippen molar-refractivity contribution in [2.24, 2.45) is 0 Å². The van der Waals surface area contributed by atoms with Gasteiger partial charge >= 0.3 is 0 Å². The SMILES string of the molecule is Oc1ccc(-c2c(-c3ccc4ccccc4n3)cnn2-c2c(F)c(F)c(F)c(F)c2F)c(O)c1. The first-order valence-corrected chi connectivity index (χ1v) is 9.76. The van der Waals surface area contributed by atoms with E-state index < -0.39 is 40.5 Å². The number of pyridine rings is 1. The Morgan fingerprint density at radius 3 is 2.09 bits per heavy atom. The molecule has 2 heterocycles. The number of nitrogens with zero attached hydrogens (tertiary/aromatic N) is 3. The van der Waals surface area contributed by atoms with Crippen molar-refractivity contribution in [1.82, 2.24) is 14.8 Å². The summed E-state index contributed by atoms with van der Waals surface area (Å²) >= 11 is 0. The highest BCUT2D eigenvalue weighted by atomic mass is 19.2. The maximum Gasteiger partial charge on any atom is 0.200 e. The van der Waals surface area contributed by atoms with Gasteiger partial charge in [0, 0.05) is 22.6 Å². The highest BCUT2D eigenvalue weighted by Crippen LogP contribution is 2.40. The Balaban J connectivity index is 1.86. The van der Waals surface area contributed by atoms with Gasteiger partial charge in [0.1, 0.15) is 17.2 Å². The van der Waals surface area contributed by atoms with E-state index in [0.29, 0.717) is 10.2 Å². The van der Waals surface area contributed by atoms with Gasteiger partial charge in [-0.15, -0.1) is 0 Å². The first kappa shape index (κ1) is 21.4. The van der Waals surface area contributed by atoms with Crippen molar-refractivity contribution in [2.75, 3.05) is 0 Å². The van der Waals surface area contributed by atoms with Crippen molar-refractivity contribution in [3.8, 4) is 39.7 Å². The fourth-order valence-corrected chi connectivity index (χ4v) is 3.68. The summed E-state index contributed by atoms with van der Waals surface area (Å²) in [5.41, 5.74) is -0.657. The van der Waals surface area contributed by atoms with E-state index in [1.165, 1.54) is 12.1 Å². The fourth-order valence-electron chi connectivity index (χ4n) is 3.68. The van der Waals surface area contributed by atoms with Gasteiger partial charge in [-0.05, 0) is 24.3 Å². The topological polar surface area (TPSA) is 71.2 Å². The minimum atomic E-state index is -2.31. The van der Waals surface area contributed by atoms with E-state index in [1.807, 2.05) is 12.1 Å². The molecule has 3 aromatic carbocycles. The summed E-state index contributed by atoms with van der Waals surface area (Å²) < 4.78 is 71.4. The van der Waals surface area contributed by atoms with E-state index in [1.54, 1.807) is 24.3 Å². The van der Waals surface area contributed by atoms with Crippen LogP contribution >= 0.6 is 0 Å². The van der Waals surface area contributed by atoms with Crippen molar-refractivity contribution in [1.29, 1.82) is 0 Å². The molecule has 10 heteroatoms. The van der Waals surface area contributed by atoms with E-state index in [-0.39, 0.29) is 28.3 Å². The van der Waals surface area contributed by atoms with Crippen LogP contribution in [0.15, 0.2) is 60.8 Å². The molecule has 0 aliphatic rings. The molecule has 0 saturated carbocycles. The van der Waals surface area contributed by atoms with Crippen LogP contribution in [0.25, 0.3) is 39.1 Å². The standard InChI is InChI=1S/C24H12F5N3O2/c25-18-19(26)21(28)24(22(29)20(18)27)32-23(13-7-6-12(33)9-17(13)34)14(10-30-32)16-8-5-11-3-1-2-4-15(11)31-16/h1-10,33-34H. The third-order valence-corrected chi connectivity index (χ3v) is 5.28. The lowest BCUT2D eigenvalue weighted by atomic mass is 10.0. The molecular weight excluding hydrogens is 457 g/mol. The lowest BCUT2D eigenvalue weighted by molar-refractivity contribution is 0.374. The van der Waals surface area contributed by atoms with Crippen LogP contribution in [-0.4, -0.2) is 25.0 Å². The Bertz CT molecular complexity index is 1570. The van der Waals surface area contributed by atoms with Gasteiger partial charge < -0.3 is 10.2 Å². The van der Waals surface area contributed by atoms with Gasteiger partial charge in [-0.2, -0.15) is 5.10 Å². The van der Waals surface area contributed by atoms with E-state index in [4.69, 9.17) is 0 Å². The van der Waals surface area contributed by atoms with Gasteiger partial charge in [0.05, 0.1) is 23.1 Å². The molecule has 0 bridgehead atoms. The Hall–Kier alpha value is -4.47. The predicted octanol–water partition coefficient (Wildman–Crippen LogP) is 5.86. The minimum absolute atomic E-state index is 0.0933. The van der Waals surface area contributed by atoms with Crippen LogP contribution in [0.4, 0.5) is 22.0 Å². The molecule has 0 radical (unpaired) electrons. The average Bonchev–Trinajstić information content (AvgIpc) is 3.25.